The van der Waals surface area contributed by atoms with Gasteiger partial charge in [0.15, 0.2) is 10.9 Å². The number of nitrogens with zero attached hydrogens (tertiary/aromatic N) is 3. The number of hydrogen-bond acceptors (Lipinski definition) is 4. The summed E-state index contributed by atoms with van der Waals surface area (Å²) in [5.74, 6) is 0.365. The van der Waals surface area contributed by atoms with E-state index in [9.17, 15) is 9.59 Å². The van der Waals surface area contributed by atoms with Gasteiger partial charge in [0.1, 0.15) is 0 Å². The molecule has 0 radical (unpaired) electrons. The molecule has 1 atom stereocenters. The Morgan fingerprint density at radius 1 is 1.28 bits per heavy atom. The maximum atomic E-state index is 13.1. The molecular formula is C23H27N3O2S. The normalized spacial score (nSPS) is 15.0. The number of benzene rings is 1. The van der Waals surface area contributed by atoms with Crippen LogP contribution in [0.15, 0.2) is 40.3 Å². The van der Waals surface area contributed by atoms with Crippen LogP contribution in [0, 0.1) is 13.8 Å². The van der Waals surface area contributed by atoms with Crippen molar-refractivity contribution in [3.8, 4) is 0 Å². The van der Waals surface area contributed by atoms with Crippen molar-refractivity contribution < 1.29 is 4.79 Å². The van der Waals surface area contributed by atoms with Crippen LogP contribution in [0.3, 0.4) is 0 Å². The molecule has 1 saturated carbocycles. The molecule has 1 fully saturated rings. The molecule has 6 heteroatoms. The minimum Gasteiger partial charge on any atom is -0.345 e. The van der Waals surface area contributed by atoms with Gasteiger partial charge < -0.3 is 4.57 Å². The highest BCUT2D eigenvalue weighted by Gasteiger charge is 2.28. The Labute approximate surface area is 175 Å². The van der Waals surface area contributed by atoms with E-state index in [1.165, 1.54) is 24.6 Å². The van der Waals surface area contributed by atoms with E-state index in [0.717, 1.165) is 23.4 Å². The van der Waals surface area contributed by atoms with Gasteiger partial charge in [-0.2, -0.15) is 0 Å². The van der Waals surface area contributed by atoms with E-state index >= 15 is 0 Å². The lowest BCUT2D eigenvalue weighted by Gasteiger charge is -2.18. The topological polar surface area (TPSA) is 56.9 Å². The summed E-state index contributed by atoms with van der Waals surface area (Å²) in [4.78, 5) is 30.8. The molecule has 2 heterocycles. The third kappa shape index (κ3) is 3.66. The lowest BCUT2D eigenvalue weighted by Crippen LogP contribution is -2.26. The minimum atomic E-state index is -0.0354. The molecule has 1 aromatic carbocycles. The second-order valence-electron chi connectivity index (χ2n) is 7.94. The molecule has 1 aliphatic rings. The SMILES string of the molecule is CC[C@@H](C)n1c(SCC(=O)c2cc(C)n(C3CC3)c2C)nc2ccccc2c1=O. The first-order valence-electron chi connectivity index (χ1n) is 10.3. The van der Waals surface area contributed by atoms with E-state index in [1.54, 1.807) is 4.57 Å². The predicted octanol–water partition coefficient (Wildman–Crippen LogP) is 5.10. The summed E-state index contributed by atoms with van der Waals surface area (Å²) in [6.07, 6.45) is 3.21. The number of hydrogen-bond donors (Lipinski definition) is 0. The van der Waals surface area contributed by atoms with Gasteiger partial charge in [-0.15, -0.1) is 0 Å². The van der Waals surface area contributed by atoms with Crippen molar-refractivity contribution in [3.05, 3.63) is 57.6 Å². The highest BCUT2D eigenvalue weighted by Crippen LogP contribution is 2.38. The largest absolute Gasteiger partial charge is 0.345 e. The van der Waals surface area contributed by atoms with Crippen LogP contribution in [0.4, 0.5) is 0 Å². The van der Waals surface area contributed by atoms with Crippen LogP contribution in [-0.2, 0) is 0 Å². The van der Waals surface area contributed by atoms with E-state index in [4.69, 9.17) is 4.98 Å². The smallest absolute Gasteiger partial charge is 0.262 e. The van der Waals surface area contributed by atoms with E-state index in [0.29, 0.717) is 22.1 Å². The van der Waals surface area contributed by atoms with Crippen LogP contribution in [0.5, 0.6) is 0 Å². The van der Waals surface area contributed by atoms with Crippen molar-refractivity contribution in [1.82, 2.24) is 14.1 Å². The second kappa shape index (κ2) is 7.82. The lowest BCUT2D eigenvalue weighted by molar-refractivity contribution is 0.102. The fraction of sp³-hybridized carbons (Fsp3) is 0.435. The van der Waals surface area contributed by atoms with Crippen molar-refractivity contribution in [2.24, 2.45) is 0 Å². The van der Waals surface area contributed by atoms with Crippen molar-refractivity contribution >= 4 is 28.4 Å². The number of fused-ring (bicyclic) bond motifs is 1. The zero-order chi connectivity index (χ0) is 20.7. The first kappa shape index (κ1) is 20.0. The van der Waals surface area contributed by atoms with Crippen molar-refractivity contribution in [1.29, 1.82) is 0 Å². The van der Waals surface area contributed by atoms with Crippen LogP contribution in [0.1, 0.15) is 66.9 Å². The third-order valence-electron chi connectivity index (χ3n) is 5.84. The monoisotopic (exact) mass is 409 g/mol. The van der Waals surface area contributed by atoms with E-state index in [2.05, 4.69) is 18.4 Å². The van der Waals surface area contributed by atoms with Crippen LogP contribution < -0.4 is 5.56 Å². The van der Waals surface area contributed by atoms with Gasteiger partial charge in [-0.25, -0.2) is 4.98 Å². The number of thioether (sulfide) groups is 1. The van der Waals surface area contributed by atoms with Gasteiger partial charge in [0.05, 0.1) is 16.7 Å². The standard InChI is InChI=1S/C23H27N3O2S/c1-5-14(2)26-22(28)18-8-6-7-9-20(18)24-23(26)29-13-21(27)19-12-15(3)25(16(19)4)17-10-11-17/h6-9,12,14,17H,5,10-11,13H2,1-4H3/t14-/m1/s1. The molecule has 0 aliphatic heterocycles. The number of aryl methyl sites for hydroxylation is 1. The molecular weight excluding hydrogens is 382 g/mol. The van der Waals surface area contributed by atoms with Crippen molar-refractivity contribution in [3.63, 3.8) is 0 Å². The zero-order valence-corrected chi connectivity index (χ0v) is 18.3. The number of carbonyl (C=O) groups excluding carboxylic acids is 1. The fourth-order valence-corrected chi connectivity index (χ4v) is 4.94. The lowest BCUT2D eigenvalue weighted by atomic mass is 10.2. The summed E-state index contributed by atoms with van der Waals surface area (Å²) < 4.78 is 4.04. The summed E-state index contributed by atoms with van der Waals surface area (Å²) in [5.41, 5.74) is 3.64. The van der Waals surface area contributed by atoms with Crippen LogP contribution in [0.2, 0.25) is 0 Å². The molecule has 3 aromatic rings. The molecule has 5 nitrogen and oxygen atoms in total. The molecule has 1 aliphatic carbocycles. The first-order valence-corrected chi connectivity index (χ1v) is 11.3. The highest BCUT2D eigenvalue weighted by atomic mass is 32.2. The van der Waals surface area contributed by atoms with Gasteiger partial charge >= 0.3 is 0 Å². The second-order valence-corrected chi connectivity index (χ2v) is 8.88. The van der Waals surface area contributed by atoms with Crippen molar-refractivity contribution in [2.45, 2.75) is 64.2 Å². The minimum absolute atomic E-state index is 0.0251. The number of Topliss-reactive ketones (excluding diaryl/α,β-unsaturated/α-hetero) is 1. The zero-order valence-electron chi connectivity index (χ0n) is 17.4. The summed E-state index contributed by atoms with van der Waals surface area (Å²) in [7, 11) is 0. The summed E-state index contributed by atoms with van der Waals surface area (Å²) in [5, 5.41) is 1.24. The number of rotatable bonds is 7. The molecule has 152 valence electrons. The van der Waals surface area contributed by atoms with Gasteiger partial charge in [-0.05, 0) is 58.2 Å². The number of para-hydroxylation sites is 1. The van der Waals surface area contributed by atoms with Crippen LogP contribution in [-0.4, -0.2) is 25.7 Å². The Morgan fingerprint density at radius 2 is 2.00 bits per heavy atom. The summed E-state index contributed by atoms with van der Waals surface area (Å²) in [6.45, 7) is 8.18. The third-order valence-corrected chi connectivity index (χ3v) is 6.79. The quantitative estimate of drug-likeness (QED) is 0.310. The molecule has 0 unspecified atom stereocenters. The molecule has 0 N–H and O–H groups in total. The van der Waals surface area contributed by atoms with Gasteiger partial charge in [0.25, 0.3) is 5.56 Å². The van der Waals surface area contributed by atoms with E-state index in [-0.39, 0.29) is 23.1 Å². The number of carbonyl (C=O) groups is 1. The molecule has 4 rings (SSSR count). The maximum Gasteiger partial charge on any atom is 0.262 e. The van der Waals surface area contributed by atoms with Gasteiger partial charge in [0, 0.05) is 29.0 Å². The Morgan fingerprint density at radius 3 is 2.69 bits per heavy atom. The molecule has 29 heavy (non-hydrogen) atoms. The van der Waals surface area contributed by atoms with Gasteiger partial charge in [0.2, 0.25) is 0 Å². The van der Waals surface area contributed by atoms with E-state index in [1.807, 2.05) is 44.2 Å². The summed E-state index contributed by atoms with van der Waals surface area (Å²) >= 11 is 1.36. The predicted molar refractivity (Wildman–Crippen MR) is 118 cm³/mol. The maximum absolute atomic E-state index is 13.1. The molecule has 2 aromatic heterocycles. The molecule has 0 saturated heterocycles. The summed E-state index contributed by atoms with van der Waals surface area (Å²) in [6, 6.07) is 10.0. The molecule has 0 spiro atoms. The Kier molecular flexibility index (Phi) is 5.38. The average molecular weight is 410 g/mol. The van der Waals surface area contributed by atoms with Gasteiger partial charge in [-0.1, -0.05) is 30.8 Å². The molecule has 0 amide bonds. The fourth-order valence-electron chi connectivity index (χ4n) is 3.96. The average Bonchev–Trinajstić information content (AvgIpc) is 3.50. The van der Waals surface area contributed by atoms with E-state index < -0.39 is 0 Å². The Hall–Kier alpha value is -2.34. The van der Waals surface area contributed by atoms with Crippen molar-refractivity contribution in [2.75, 3.05) is 5.75 Å². The van der Waals surface area contributed by atoms with Crippen LogP contribution in [0.25, 0.3) is 10.9 Å². The number of aromatic nitrogens is 3. The molecule has 0 bridgehead atoms. The van der Waals surface area contributed by atoms with Crippen LogP contribution >= 0.6 is 11.8 Å². The first-order chi connectivity index (χ1) is 13.9. The Balaban J connectivity index is 1.65. The Bertz CT molecular complexity index is 1140. The highest BCUT2D eigenvalue weighted by molar-refractivity contribution is 7.99. The van der Waals surface area contributed by atoms with Gasteiger partial charge in [-0.3, -0.25) is 14.2 Å². The number of ketones is 1.